The molecule has 1 aromatic carbocycles. The first-order chi connectivity index (χ1) is 14.2. The quantitative estimate of drug-likeness (QED) is 0.698. The van der Waals surface area contributed by atoms with E-state index in [0.717, 1.165) is 35.3 Å². The number of aryl methyl sites for hydroxylation is 1. The highest BCUT2D eigenvalue weighted by Crippen LogP contribution is 2.24. The summed E-state index contributed by atoms with van der Waals surface area (Å²) in [5.74, 6) is 0.629. The molecule has 4 rings (SSSR count). The van der Waals surface area contributed by atoms with Crippen molar-refractivity contribution in [2.45, 2.75) is 25.5 Å². The zero-order valence-electron chi connectivity index (χ0n) is 16.4. The van der Waals surface area contributed by atoms with Gasteiger partial charge in [-0.3, -0.25) is 14.5 Å². The fourth-order valence-electron chi connectivity index (χ4n) is 3.28. The lowest BCUT2D eigenvalue weighted by atomic mass is 10.1. The molecule has 0 bridgehead atoms. The van der Waals surface area contributed by atoms with Gasteiger partial charge < -0.3 is 14.8 Å². The molecule has 0 saturated carbocycles. The second-order valence-electron chi connectivity index (χ2n) is 7.13. The largest absolute Gasteiger partial charge is 0.489 e. The molecule has 29 heavy (non-hydrogen) atoms. The first kappa shape index (κ1) is 19.1. The third-order valence-electron chi connectivity index (χ3n) is 4.88. The monoisotopic (exact) mass is 392 g/mol. The van der Waals surface area contributed by atoms with E-state index in [0.29, 0.717) is 25.5 Å². The van der Waals surface area contributed by atoms with Crippen LogP contribution >= 0.6 is 0 Å². The number of hydrogen-bond acceptors (Lipinski definition) is 5. The number of amides is 1. The van der Waals surface area contributed by atoms with E-state index in [-0.39, 0.29) is 11.9 Å². The van der Waals surface area contributed by atoms with Gasteiger partial charge in [-0.25, -0.2) is 0 Å². The van der Waals surface area contributed by atoms with Gasteiger partial charge in [-0.05, 0) is 36.6 Å². The molecule has 1 aliphatic rings. The third kappa shape index (κ3) is 5.00. The molecule has 2 aromatic heterocycles. The molecule has 0 unspecified atom stereocenters. The van der Waals surface area contributed by atoms with Crippen LogP contribution in [-0.4, -0.2) is 39.9 Å². The Bertz CT molecular complexity index is 962. The standard InChI is InChI=1S/C22H24N4O3/c1-26-14-16(12-24-26)15-29-20-4-2-3-17(11-20)18-5-6-21(23-13-18)22(27)25-19-7-9-28-10-8-19/h2-6,11-14,19H,7-10,15H2,1H3,(H,25,27). The second kappa shape index (κ2) is 8.87. The minimum Gasteiger partial charge on any atom is -0.489 e. The average molecular weight is 392 g/mol. The Kier molecular flexibility index (Phi) is 5.86. The second-order valence-corrected chi connectivity index (χ2v) is 7.13. The number of pyridine rings is 1. The van der Waals surface area contributed by atoms with Gasteiger partial charge in [0.15, 0.2) is 0 Å². The van der Waals surface area contributed by atoms with Crippen molar-refractivity contribution in [3.63, 3.8) is 0 Å². The van der Waals surface area contributed by atoms with Gasteiger partial charge in [0.1, 0.15) is 18.1 Å². The van der Waals surface area contributed by atoms with Gasteiger partial charge in [0.05, 0.1) is 6.20 Å². The molecular weight excluding hydrogens is 368 g/mol. The van der Waals surface area contributed by atoms with Crippen LogP contribution in [0.15, 0.2) is 55.0 Å². The number of aromatic nitrogens is 3. The third-order valence-corrected chi connectivity index (χ3v) is 4.88. The van der Waals surface area contributed by atoms with Crippen LogP contribution in [0.1, 0.15) is 28.9 Å². The predicted molar refractivity (Wildman–Crippen MR) is 109 cm³/mol. The molecule has 0 spiro atoms. The first-order valence-corrected chi connectivity index (χ1v) is 9.73. The number of ether oxygens (including phenoxy) is 2. The van der Waals surface area contributed by atoms with Crippen molar-refractivity contribution in [1.29, 1.82) is 0 Å². The van der Waals surface area contributed by atoms with Crippen LogP contribution in [0.25, 0.3) is 11.1 Å². The zero-order chi connectivity index (χ0) is 20.1. The van der Waals surface area contributed by atoms with Gasteiger partial charge in [0.25, 0.3) is 5.91 Å². The molecule has 1 aliphatic heterocycles. The van der Waals surface area contributed by atoms with E-state index >= 15 is 0 Å². The maximum atomic E-state index is 12.4. The highest BCUT2D eigenvalue weighted by atomic mass is 16.5. The van der Waals surface area contributed by atoms with E-state index in [1.54, 1.807) is 23.1 Å². The SMILES string of the molecule is Cn1cc(COc2cccc(-c3ccc(C(=O)NC4CCOCC4)nc3)c2)cn1. The van der Waals surface area contributed by atoms with Crippen molar-refractivity contribution in [3.8, 4) is 16.9 Å². The lowest BCUT2D eigenvalue weighted by molar-refractivity contribution is 0.0694. The summed E-state index contributed by atoms with van der Waals surface area (Å²) in [6, 6.07) is 11.7. The summed E-state index contributed by atoms with van der Waals surface area (Å²) in [7, 11) is 1.88. The van der Waals surface area contributed by atoms with Crippen LogP contribution in [0, 0.1) is 0 Å². The number of hydrogen-bond donors (Lipinski definition) is 1. The van der Waals surface area contributed by atoms with E-state index in [9.17, 15) is 4.79 Å². The van der Waals surface area contributed by atoms with Crippen molar-refractivity contribution in [2.24, 2.45) is 7.05 Å². The summed E-state index contributed by atoms with van der Waals surface area (Å²) in [6.07, 6.45) is 7.13. The van der Waals surface area contributed by atoms with Crippen molar-refractivity contribution in [2.75, 3.05) is 13.2 Å². The summed E-state index contributed by atoms with van der Waals surface area (Å²) in [4.78, 5) is 16.7. The first-order valence-electron chi connectivity index (χ1n) is 9.73. The number of nitrogens with one attached hydrogen (secondary N) is 1. The molecule has 3 aromatic rings. The van der Waals surface area contributed by atoms with E-state index in [1.165, 1.54) is 0 Å². The molecule has 1 N–H and O–H groups in total. The number of nitrogens with zero attached hydrogens (tertiary/aromatic N) is 3. The Morgan fingerprint density at radius 2 is 2.07 bits per heavy atom. The maximum Gasteiger partial charge on any atom is 0.270 e. The Balaban J connectivity index is 1.39. The summed E-state index contributed by atoms with van der Waals surface area (Å²) in [5, 5.41) is 7.17. The summed E-state index contributed by atoms with van der Waals surface area (Å²) >= 11 is 0. The van der Waals surface area contributed by atoms with E-state index in [2.05, 4.69) is 15.4 Å². The molecule has 7 nitrogen and oxygen atoms in total. The van der Waals surface area contributed by atoms with Gasteiger partial charge in [0, 0.05) is 49.8 Å². The molecule has 0 atom stereocenters. The summed E-state index contributed by atoms with van der Waals surface area (Å²) in [5.41, 5.74) is 3.35. The van der Waals surface area contributed by atoms with Crippen molar-refractivity contribution in [1.82, 2.24) is 20.1 Å². The van der Waals surface area contributed by atoms with Crippen LogP contribution in [0.4, 0.5) is 0 Å². The molecule has 150 valence electrons. The van der Waals surface area contributed by atoms with Gasteiger partial charge >= 0.3 is 0 Å². The maximum absolute atomic E-state index is 12.4. The van der Waals surface area contributed by atoms with E-state index in [1.807, 2.05) is 43.6 Å². The fourth-order valence-corrected chi connectivity index (χ4v) is 3.28. The Hall–Kier alpha value is -3.19. The van der Waals surface area contributed by atoms with Crippen LogP contribution < -0.4 is 10.1 Å². The molecule has 0 aliphatic carbocycles. The normalized spacial score (nSPS) is 14.5. The topological polar surface area (TPSA) is 78.3 Å². The lowest BCUT2D eigenvalue weighted by Gasteiger charge is -2.22. The molecule has 7 heteroatoms. The van der Waals surface area contributed by atoms with Gasteiger partial charge in [-0.15, -0.1) is 0 Å². The number of rotatable bonds is 6. The Labute approximate surface area is 169 Å². The Morgan fingerprint density at radius 1 is 1.21 bits per heavy atom. The number of carbonyl (C=O) groups is 1. The fraction of sp³-hybridized carbons (Fsp3) is 0.318. The van der Waals surface area contributed by atoms with Crippen molar-refractivity contribution in [3.05, 3.63) is 66.2 Å². The molecule has 0 radical (unpaired) electrons. The minimum absolute atomic E-state index is 0.142. The average Bonchev–Trinajstić information content (AvgIpc) is 3.18. The molecule has 1 saturated heterocycles. The van der Waals surface area contributed by atoms with Crippen LogP contribution in [0.5, 0.6) is 5.75 Å². The number of carbonyl (C=O) groups excluding carboxylic acids is 1. The lowest BCUT2D eigenvalue weighted by Crippen LogP contribution is -2.39. The van der Waals surface area contributed by atoms with Crippen LogP contribution in [-0.2, 0) is 18.4 Å². The summed E-state index contributed by atoms with van der Waals surface area (Å²) < 4.78 is 12.9. The van der Waals surface area contributed by atoms with Crippen LogP contribution in [0.3, 0.4) is 0 Å². The summed E-state index contributed by atoms with van der Waals surface area (Å²) in [6.45, 7) is 1.84. The van der Waals surface area contributed by atoms with Crippen molar-refractivity contribution < 1.29 is 14.3 Å². The molecule has 3 heterocycles. The number of benzene rings is 1. The van der Waals surface area contributed by atoms with Crippen molar-refractivity contribution >= 4 is 5.91 Å². The smallest absolute Gasteiger partial charge is 0.270 e. The molecule has 1 fully saturated rings. The van der Waals surface area contributed by atoms with Gasteiger partial charge in [-0.1, -0.05) is 18.2 Å². The Morgan fingerprint density at radius 3 is 2.79 bits per heavy atom. The van der Waals surface area contributed by atoms with E-state index in [4.69, 9.17) is 9.47 Å². The molecule has 1 amide bonds. The minimum atomic E-state index is -0.142. The highest BCUT2D eigenvalue weighted by Gasteiger charge is 2.17. The van der Waals surface area contributed by atoms with E-state index < -0.39 is 0 Å². The van der Waals surface area contributed by atoms with Gasteiger partial charge in [0.2, 0.25) is 0 Å². The predicted octanol–water partition coefficient (Wildman–Crippen LogP) is 2.97. The highest BCUT2D eigenvalue weighted by molar-refractivity contribution is 5.92. The molecular formula is C22H24N4O3. The zero-order valence-corrected chi connectivity index (χ0v) is 16.4. The van der Waals surface area contributed by atoms with Crippen LogP contribution in [0.2, 0.25) is 0 Å². The van der Waals surface area contributed by atoms with Gasteiger partial charge in [-0.2, -0.15) is 5.10 Å².